The lowest BCUT2D eigenvalue weighted by molar-refractivity contribution is 0.201. The van der Waals surface area contributed by atoms with Crippen LogP contribution in [-0.4, -0.2) is 42.0 Å². The van der Waals surface area contributed by atoms with Gasteiger partial charge in [-0.25, -0.2) is 5.43 Å². The monoisotopic (exact) mass is 331 g/mol. The van der Waals surface area contributed by atoms with Crippen molar-refractivity contribution in [2.75, 3.05) is 19.8 Å². The Hall–Kier alpha value is -2.54. The molecule has 5 N–H and O–H groups in total. The van der Waals surface area contributed by atoms with Crippen LogP contribution in [0.3, 0.4) is 0 Å². The van der Waals surface area contributed by atoms with Gasteiger partial charge < -0.3 is 20.6 Å². The third-order valence-corrected chi connectivity index (χ3v) is 3.47. The fourth-order valence-electron chi connectivity index (χ4n) is 2.25. The fourth-order valence-corrected chi connectivity index (χ4v) is 2.25. The Morgan fingerprint density at radius 1 is 1.42 bits per heavy atom. The Morgan fingerprint density at radius 3 is 3.08 bits per heavy atom. The van der Waals surface area contributed by atoms with Crippen LogP contribution in [0.4, 0.5) is 0 Å². The molecule has 0 aliphatic rings. The number of aromatic amines is 1. The normalized spacial score (nSPS) is 12.2. The first-order valence-electron chi connectivity index (χ1n) is 8.18. The van der Waals surface area contributed by atoms with Crippen molar-refractivity contribution in [2.24, 2.45) is 15.8 Å². The zero-order valence-corrected chi connectivity index (χ0v) is 14.0. The third-order valence-electron chi connectivity index (χ3n) is 3.47. The zero-order valence-electron chi connectivity index (χ0n) is 14.0. The van der Waals surface area contributed by atoms with E-state index >= 15 is 0 Å². The quantitative estimate of drug-likeness (QED) is 0.244. The smallest absolute Gasteiger partial charge is 0.209 e. The van der Waals surface area contributed by atoms with Crippen LogP contribution in [0, 0.1) is 0 Å². The van der Waals surface area contributed by atoms with Crippen molar-refractivity contribution >= 4 is 23.1 Å². The maximum Gasteiger partial charge on any atom is 0.209 e. The number of aliphatic imine (C=N–C) groups is 1. The predicted molar refractivity (Wildman–Crippen MR) is 97.6 cm³/mol. The van der Waals surface area contributed by atoms with Crippen molar-refractivity contribution in [1.82, 2.24) is 10.4 Å². The molecule has 0 atom stereocenters. The molecule has 0 radical (unpaired) electrons. The molecule has 0 unspecified atom stereocenters. The van der Waals surface area contributed by atoms with Gasteiger partial charge in [0.25, 0.3) is 0 Å². The highest BCUT2D eigenvalue weighted by Crippen LogP contribution is 2.22. The summed E-state index contributed by atoms with van der Waals surface area (Å²) in [7, 11) is 0. The summed E-state index contributed by atoms with van der Waals surface area (Å²) in [6, 6.07) is 5.69. The molecule has 0 saturated heterocycles. The molecule has 0 fully saturated rings. The van der Waals surface area contributed by atoms with Gasteiger partial charge >= 0.3 is 0 Å². The predicted octanol–water partition coefficient (Wildman–Crippen LogP) is 1.97. The van der Waals surface area contributed by atoms with Gasteiger partial charge in [0.05, 0.1) is 12.8 Å². The first kappa shape index (κ1) is 17.8. The average molecular weight is 331 g/mol. The van der Waals surface area contributed by atoms with Gasteiger partial charge in [-0.1, -0.05) is 19.8 Å². The summed E-state index contributed by atoms with van der Waals surface area (Å²) in [4.78, 5) is 7.38. The molecule has 0 bridgehead atoms. The lowest BCUT2D eigenvalue weighted by Crippen LogP contribution is -2.27. The van der Waals surface area contributed by atoms with Crippen molar-refractivity contribution in [2.45, 2.75) is 26.2 Å². The first-order chi connectivity index (χ1) is 11.7. The van der Waals surface area contributed by atoms with E-state index in [1.807, 2.05) is 24.4 Å². The van der Waals surface area contributed by atoms with E-state index in [-0.39, 0.29) is 13.2 Å². The maximum absolute atomic E-state index is 8.83. The second-order valence-corrected chi connectivity index (χ2v) is 5.37. The van der Waals surface area contributed by atoms with E-state index in [0.29, 0.717) is 18.3 Å². The number of ether oxygens (including phenoxy) is 1. The summed E-state index contributed by atoms with van der Waals surface area (Å²) in [5.41, 5.74) is 10.4. The van der Waals surface area contributed by atoms with Crippen LogP contribution < -0.4 is 15.9 Å². The van der Waals surface area contributed by atoms with Gasteiger partial charge in [0.15, 0.2) is 0 Å². The average Bonchev–Trinajstić information content (AvgIpc) is 2.99. The minimum atomic E-state index is -0.0136. The summed E-state index contributed by atoms with van der Waals surface area (Å²) < 4.78 is 5.43. The molecule has 24 heavy (non-hydrogen) atoms. The minimum absolute atomic E-state index is 0.0136. The number of aromatic nitrogens is 1. The number of aliphatic hydroxyl groups excluding tert-OH is 1. The van der Waals surface area contributed by atoms with Gasteiger partial charge in [-0.15, -0.1) is 0 Å². The van der Waals surface area contributed by atoms with Crippen molar-refractivity contribution in [3.05, 3.63) is 30.0 Å². The summed E-state index contributed by atoms with van der Waals surface area (Å²) >= 11 is 0. The Morgan fingerprint density at radius 2 is 2.29 bits per heavy atom. The van der Waals surface area contributed by atoms with E-state index in [2.05, 4.69) is 27.4 Å². The fraction of sp³-hybridized carbons (Fsp3) is 0.412. The van der Waals surface area contributed by atoms with Crippen molar-refractivity contribution in [1.29, 1.82) is 0 Å². The van der Waals surface area contributed by atoms with E-state index in [9.17, 15) is 0 Å². The van der Waals surface area contributed by atoms with Crippen molar-refractivity contribution in [3.63, 3.8) is 0 Å². The molecule has 0 saturated carbocycles. The number of nitrogens with zero attached hydrogens (tertiary/aromatic N) is 2. The van der Waals surface area contributed by atoms with Gasteiger partial charge in [-0.3, -0.25) is 4.99 Å². The molecule has 7 nitrogen and oxygen atoms in total. The number of rotatable bonds is 9. The van der Waals surface area contributed by atoms with Crippen LogP contribution in [0.15, 0.2) is 34.5 Å². The minimum Gasteiger partial charge on any atom is -0.491 e. The molecule has 0 aliphatic heterocycles. The number of H-pyrrole nitrogens is 1. The van der Waals surface area contributed by atoms with Gasteiger partial charge in [0.1, 0.15) is 12.4 Å². The largest absolute Gasteiger partial charge is 0.491 e. The number of nitrogens with two attached hydrogens (primary N) is 1. The number of aliphatic hydroxyl groups is 1. The molecular formula is C17H25N5O2. The zero-order chi connectivity index (χ0) is 17.2. The van der Waals surface area contributed by atoms with E-state index in [4.69, 9.17) is 15.6 Å². The van der Waals surface area contributed by atoms with Crippen molar-refractivity contribution < 1.29 is 9.84 Å². The lowest BCUT2D eigenvalue weighted by Gasteiger charge is -2.04. The number of nitrogens with one attached hydrogen (secondary N) is 2. The van der Waals surface area contributed by atoms with Crippen LogP contribution in [0.2, 0.25) is 0 Å². The SMILES string of the molecule is CCCCCN=C(N)N/N=C/c1c[nH]c2ccc(OCCO)cc12. The molecule has 1 aromatic carbocycles. The molecule has 1 aromatic heterocycles. The van der Waals surface area contributed by atoms with Crippen LogP contribution in [0.25, 0.3) is 10.9 Å². The molecule has 0 aliphatic carbocycles. The van der Waals surface area contributed by atoms with Crippen LogP contribution >= 0.6 is 0 Å². The molecule has 2 rings (SSSR count). The first-order valence-corrected chi connectivity index (χ1v) is 8.18. The highest BCUT2D eigenvalue weighted by molar-refractivity contribution is 5.99. The molecule has 0 amide bonds. The van der Waals surface area contributed by atoms with Gasteiger partial charge in [0, 0.05) is 29.2 Å². The van der Waals surface area contributed by atoms with E-state index < -0.39 is 0 Å². The Bertz CT molecular complexity index is 693. The van der Waals surface area contributed by atoms with E-state index in [1.54, 1.807) is 6.21 Å². The Balaban J connectivity index is 1.98. The highest BCUT2D eigenvalue weighted by Gasteiger charge is 2.03. The molecule has 7 heteroatoms. The number of benzene rings is 1. The molecule has 0 spiro atoms. The van der Waals surface area contributed by atoms with E-state index in [0.717, 1.165) is 35.7 Å². The van der Waals surface area contributed by atoms with Crippen LogP contribution in [0.1, 0.15) is 31.7 Å². The molecule has 2 aromatic rings. The summed E-state index contributed by atoms with van der Waals surface area (Å²) in [5, 5.41) is 13.9. The topological polar surface area (TPSA) is 108 Å². The Labute approximate surface area is 141 Å². The summed E-state index contributed by atoms with van der Waals surface area (Å²) in [6.07, 6.45) is 6.88. The second-order valence-electron chi connectivity index (χ2n) is 5.37. The number of guanidine groups is 1. The lowest BCUT2D eigenvalue weighted by atomic mass is 10.2. The number of fused-ring (bicyclic) bond motifs is 1. The van der Waals surface area contributed by atoms with Crippen molar-refractivity contribution in [3.8, 4) is 5.75 Å². The maximum atomic E-state index is 8.83. The number of unbranched alkanes of at least 4 members (excludes halogenated alkanes) is 2. The van der Waals surface area contributed by atoms with Gasteiger partial charge in [-0.05, 0) is 24.6 Å². The van der Waals surface area contributed by atoms with E-state index in [1.165, 1.54) is 0 Å². The second kappa shape index (κ2) is 9.57. The number of hydrazone groups is 1. The summed E-state index contributed by atoms with van der Waals surface area (Å²) in [5.74, 6) is 1.02. The third kappa shape index (κ3) is 5.27. The highest BCUT2D eigenvalue weighted by atomic mass is 16.5. The molecule has 1 heterocycles. The van der Waals surface area contributed by atoms with Gasteiger partial charge in [-0.2, -0.15) is 5.10 Å². The standard InChI is InChI=1S/C17H25N5O2/c1-2-3-4-7-19-17(18)22-21-12-13-11-20-16-6-5-14(10-15(13)16)24-9-8-23/h5-6,10-12,20,23H,2-4,7-9H2,1H3,(H3,18,19,22)/b21-12+. The Kier molecular flexibility index (Phi) is 7.10. The number of hydrogen-bond donors (Lipinski definition) is 4. The van der Waals surface area contributed by atoms with Crippen LogP contribution in [-0.2, 0) is 0 Å². The summed E-state index contributed by atoms with van der Waals surface area (Å²) in [6.45, 7) is 3.12. The molecular weight excluding hydrogens is 306 g/mol. The molecule has 130 valence electrons. The van der Waals surface area contributed by atoms with Crippen LogP contribution in [0.5, 0.6) is 5.75 Å². The van der Waals surface area contributed by atoms with Gasteiger partial charge in [0.2, 0.25) is 5.96 Å². The number of hydrogen-bond acceptors (Lipinski definition) is 4.